The van der Waals surface area contributed by atoms with Gasteiger partial charge in [-0.1, -0.05) is 41.6 Å². The van der Waals surface area contributed by atoms with Crippen molar-refractivity contribution in [2.24, 2.45) is 0 Å². The number of ether oxygens (including phenoxy) is 1. The van der Waals surface area contributed by atoms with E-state index in [1.165, 1.54) is 11.8 Å². The van der Waals surface area contributed by atoms with Gasteiger partial charge in [0, 0.05) is 24.5 Å². The average Bonchev–Trinajstić information content (AvgIpc) is 2.66. The highest BCUT2D eigenvalue weighted by molar-refractivity contribution is 7.98. The molecule has 0 bridgehead atoms. The maximum Gasteiger partial charge on any atom is 0.262 e. The van der Waals surface area contributed by atoms with E-state index < -0.39 is 0 Å². The Morgan fingerprint density at radius 3 is 2.81 bits per heavy atom. The second-order valence-corrected chi connectivity index (χ2v) is 6.99. The lowest BCUT2D eigenvalue weighted by Gasteiger charge is -2.14. The molecule has 0 aliphatic rings. The van der Waals surface area contributed by atoms with E-state index in [4.69, 9.17) is 4.74 Å². The number of aromatic nitrogens is 2. The molecule has 0 aliphatic heterocycles. The Morgan fingerprint density at radius 1 is 1.23 bits per heavy atom. The summed E-state index contributed by atoms with van der Waals surface area (Å²) in [5.74, 6) is 1.47. The van der Waals surface area contributed by atoms with Crippen LogP contribution in [0.2, 0.25) is 0 Å². The summed E-state index contributed by atoms with van der Waals surface area (Å²) in [6.07, 6.45) is 0.515. The third kappa shape index (κ3) is 3.92. The van der Waals surface area contributed by atoms with Gasteiger partial charge in [-0.25, -0.2) is 4.98 Å². The van der Waals surface area contributed by atoms with Crippen LogP contribution in [-0.4, -0.2) is 28.4 Å². The summed E-state index contributed by atoms with van der Waals surface area (Å²) >= 11 is 1.51. The molecule has 0 atom stereocenters. The van der Waals surface area contributed by atoms with Gasteiger partial charge in [-0.05, 0) is 31.5 Å². The normalized spacial score (nSPS) is 11.0. The van der Waals surface area contributed by atoms with Crippen LogP contribution in [0.4, 0.5) is 0 Å². The number of thioether (sulfide) groups is 1. The minimum absolute atomic E-state index is 0.0368. The minimum Gasteiger partial charge on any atom is -0.496 e. The first-order chi connectivity index (χ1) is 12.6. The summed E-state index contributed by atoms with van der Waals surface area (Å²) in [5.41, 5.74) is 2.85. The van der Waals surface area contributed by atoms with Crippen LogP contribution in [0.15, 0.2) is 52.4 Å². The summed E-state index contributed by atoms with van der Waals surface area (Å²) in [7, 11) is 1.66. The van der Waals surface area contributed by atoms with E-state index in [2.05, 4.69) is 11.1 Å². The minimum atomic E-state index is -0.0669. The van der Waals surface area contributed by atoms with Gasteiger partial charge in [-0.2, -0.15) is 0 Å². The molecule has 26 heavy (non-hydrogen) atoms. The molecule has 5 nitrogen and oxygen atoms in total. The van der Waals surface area contributed by atoms with E-state index in [1.54, 1.807) is 17.7 Å². The second-order valence-electron chi connectivity index (χ2n) is 6.05. The molecular weight excluding hydrogens is 348 g/mol. The number of nitrogens with zero attached hydrogens (tertiary/aromatic N) is 2. The van der Waals surface area contributed by atoms with Gasteiger partial charge in [0.05, 0.1) is 18.0 Å². The zero-order chi connectivity index (χ0) is 18.5. The molecule has 6 heteroatoms. The van der Waals surface area contributed by atoms with Gasteiger partial charge in [-0.3, -0.25) is 9.36 Å². The van der Waals surface area contributed by atoms with Crippen molar-refractivity contribution in [3.05, 3.63) is 63.9 Å². The van der Waals surface area contributed by atoms with Gasteiger partial charge in [0.2, 0.25) is 0 Å². The third-order valence-electron chi connectivity index (χ3n) is 4.16. The number of rotatable bonds is 7. The number of aryl methyl sites for hydroxylation is 1. The van der Waals surface area contributed by atoms with Crippen molar-refractivity contribution in [1.82, 2.24) is 9.55 Å². The molecule has 0 fully saturated rings. The fourth-order valence-corrected chi connectivity index (χ4v) is 3.85. The molecule has 1 heterocycles. The Balaban J connectivity index is 1.98. The van der Waals surface area contributed by atoms with Crippen molar-refractivity contribution >= 4 is 22.7 Å². The maximum absolute atomic E-state index is 12.8. The van der Waals surface area contributed by atoms with Crippen molar-refractivity contribution in [2.75, 3.05) is 13.7 Å². The SMILES string of the molecule is COc1ccc(C)cc1CSc1nc2ccccc2c(=O)n1CCCO. The molecule has 3 rings (SSSR count). The highest BCUT2D eigenvalue weighted by Gasteiger charge is 2.13. The Hall–Kier alpha value is -2.31. The van der Waals surface area contributed by atoms with E-state index in [0.29, 0.717) is 34.8 Å². The molecule has 1 N–H and O–H groups in total. The van der Waals surface area contributed by atoms with Crippen LogP contribution in [0.1, 0.15) is 17.5 Å². The monoisotopic (exact) mass is 370 g/mol. The summed E-state index contributed by atoms with van der Waals surface area (Å²) in [4.78, 5) is 17.5. The predicted octanol–water partition coefficient (Wildman–Crippen LogP) is 3.39. The van der Waals surface area contributed by atoms with Crippen molar-refractivity contribution in [3.63, 3.8) is 0 Å². The number of aliphatic hydroxyl groups excluding tert-OH is 1. The molecule has 3 aromatic rings. The van der Waals surface area contributed by atoms with Crippen molar-refractivity contribution in [3.8, 4) is 5.75 Å². The molecule has 0 spiro atoms. The smallest absolute Gasteiger partial charge is 0.262 e. The molecule has 0 saturated carbocycles. The molecule has 0 radical (unpaired) electrons. The van der Waals surface area contributed by atoms with Crippen LogP contribution < -0.4 is 10.3 Å². The predicted molar refractivity (Wildman–Crippen MR) is 105 cm³/mol. The topological polar surface area (TPSA) is 64.3 Å². The number of hydrogen-bond acceptors (Lipinski definition) is 5. The maximum atomic E-state index is 12.8. The van der Waals surface area contributed by atoms with Crippen LogP contribution in [0.5, 0.6) is 5.75 Å². The summed E-state index contributed by atoms with van der Waals surface area (Å²) in [5, 5.41) is 10.4. The Labute approximate surface area is 156 Å². The largest absolute Gasteiger partial charge is 0.496 e. The molecular formula is C20H22N2O3S. The molecule has 0 unspecified atom stereocenters. The summed E-state index contributed by atoms with van der Waals surface area (Å²) in [6.45, 7) is 2.52. The highest BCUT2D eigenvalue weighted by atomic mass is 32.2. The van der Waals surface area contributed by atoms with E-state index in [-0.39, 0.29) is 12.2 Å². The van der Waals surface area contributed by atoms with Crippen molar-refractivity contribution in [1.29, 1.82) is 0 Å². The lowest BCUT2D eigenvalue weighted by atomic mass is 10.1. The van der Waals surface area contributed by atoms with Gasteiger partial charge in [0.1, 0.15) is 5.75 Å². The summed E-state index contributed by atoms with van der Waals surface area (Å²) in [6, 6.07) is 13.4. The zero-order valence-corrected chi connectivity index (χ0v) is 15.8. The number of methoxy groups -OCH3 is 1. The van der Waals surface area contributed by atoms with E-state index in [9.17, 15) is 9.90 Å². The first kappa shape index (κ1) is 18.5. The van der Waals surface area contributed by atoms with Crippen LogP contribution in [0.3, 0.4) is 0 Å². The number of para-hydroxylation sites is 1. The second kappa shape index (κ2) is 8.38. The van der Waals surface area contributed by atoms with Gasteiger partial charge >= 0.3 is 0 Å². The fourth-order valence-electron chi connectivity index (χ4n) is 2.85. The molecule has 0 amide bonds. The van der Waals surface area contributed by atoms with Crippen molar-refractivity contribution < 1.29 is 9.84 Å². The van der Waals surface area contributed by atoms with Crippen LogP contribution in [-0.2, 0) is 12.3 Å². The molecule has 1 aromatic heterocycles. The molecule has 2 aromatic carbocycles. The van der Waals surface area contributed by atoms with Crippen molar-refractivity contribution in [2.45, 2.75) is 30.8 Å². The Morgan fingerprint density at radius 2 is 2.04 bits per heavy atom. The van der Waals surface area contributed by atoms with Gasteiger partial charge in [0.25, 0.3) is 5.56 Å². The lowest BCUT2D eigenvalue weighted by Crippen LogP contribution is -2.24. The first-order valence-electron chi connectivity index (χ1n) is 8.51. The van der Waals surface area contributed by atoms with E-state index in [0.717, 1.165) is 16.9 Å². The van der Waals surface area contributed by atoms with Gasteiger partial charge in [-0.15, -0.1) is 0 Å². The van der Waals surface area contributed by atoms with E-state index in [1.807, 2.05) is 37.3 Å². The summed E-state index contributed by atoms with van der Waals surface area (Å²) < 4.78 is 7.10. The first-order valence-corrected chi connectivity index (χ1v) is 9.49. The lowest BCUT2D eigenvalue weighted by molar-refractivity contribution is 0.276. The number of benzene rings is 2. The molecule has 0 saturated heterocycles. The Bertz CT molecular complexity index is 969. The quantitative estimate of drug-likeness (QED) is 0.510. The molecule has 136 valence electrons. The molecule has 0 aliphatic carbocycles. The average molecular weight is 370 g/mol. The fraction of sp³-hybridized carbons (Fsp3) is 0.300. The van der Waals surface area contributed by atoms with Gasteiger partial charge in [0.15, 0.2) is 5.16 Å². The standard InChI is InChI=1S/C20H22N2O3S/c1-14-8-9-18(25-2)15(12-14)13-26-20-21-17-7-4-3-6-16(17)19(24)22(20)10-5-11-23/h3-4,6-9,12,23H,5,10-11,13H2,1-2H3. The zero-order valence-electron chi connectivity index (χ0n) is 14.9. The highest BCUT2D eigenvalue weighted by Crippen LogP contribution is 2.28. The number of hydrogen-bond donors (Lipinski definition) is 1. The Kier molecular flexibility index (Phi) is 5.96. The number of aliphatic hydroxyl groups is 1. The van der Waals surface area contributed by atoms with Gasteiger partial charge < -0.3 is 9.84 Å². The van der Waals surface area contributed by atoms with Crippen LogP contribution in [0.25, 0.3) is 10.9 Å². The third-order valence-corrected chi connectivity index (χ3v) is 5.18. The number of fused-ring (bicyclic) bond motifs is 1. The van der Waals surface area contributed by atoms with Crippen LogP contribution in [0, 0.1) is 6.92 Å². The van der Waals surface area contributed by atoms with Crippen LogP contribution >= 0.6 is 11.8 Å². The van der Waals surface area contributed by atoms with E-state index >= 15 is 0 Å².